The van der Waals surface area contributed by atoms with Crippen molar-refractivity contribution in [1.82, 2.24) is 19.8 Å². The van der Waals surface area contributed by atoms with E-state index in [0.717, 1.165) is 49.2 Å². The molecule has 2 aromatic carbocycles. The number of aromatic nitrogens is 2. The maximum atomic E-state index is 14.7. The van der Waals surface area contributed by atoms with Gasteiger partial charge in [0.1, 0.15) is 11.6 Å². The lowest BCUT2D eigenvalue weighted by atomic mass is 10.1. The highest BCUT2D eigenvalue weighted by molar-refractivity contribution is 5.83. The third-order valence-electron chi connectivity index (χ3n) is 6.29. The molecular formula is C23H26FN5O. The molecule has 1 aromatic heterocycles. The van der Waals surface area contributed by atoms with Crippen LogP contribution in [-0.4, -0.2) is 59.1 Å². The van der Waals surface area contributed by atoms with Crippen molar-refractivity contribution in [2.75, 3.05) is 37.6 Å². The van der Waals surface area contributed by atoms with Gasteiger partial charge in [-0.05, 0) is 49.7 Å². The highest BCUT2D eigenvalue weighted by Gasteiger charge is 2.29. The minimum atomic E-state index is -0.279. The second-order valence-corrected chi connectivity index (χ2v) is 8.11. The standard InChI is InChI=1S/C23H26FN5O/c1-27-21-7-3-2-5-19(21)26-22(27)17-15-16(8-9-18(17)24)28-11-13-29(14-12-28)23(30)20-6-4-10-25-20/h2-3,5,7-9,15,20,25H,4,6,10-14H2,1H3/t20-/m1/s1. The maximum absolute atomic E-state index is 14.7. The van der Waals surface area contributed by atoms with Gasteiger partial charge in [0.05, 0.1) is 22.6 Å². The van der Waals surface area contributed by atoms with Gasteiger partial charge in [-0.3, -0.25) is 4.79 Å². The molecular weight excluding hydrogens is 381 g/mol. The Labute approximate surface area is 175 Å². The zero-order valence-corrected chi connectivity index (χ0v) is 17.1. The second-order valence-electron chi connectivity index (χ2n) is 8.11. The van der Waals surface area contributed by atoms with E-state index in [0.29, 0.717) is 24.5 Å². The summed E-state index contributed by atoms with van der Waals surface area (Å²) >= 11 is 0. The number of hydrogen-bond donors (Lipinski definition) is 1. The lowest BCUT2D eigenvalue weighted by Crippen LogP contribution is -2.53. The largest absolute Gasteiger partial charge is 0.368 e. The molecule has 7 heteroatoms. The van der Waals surface area contributed by atoms with Crippen LogP contribution in [0, 0.1) is 5.82 Å². The predicted molar refractivity (Wildman–Crippen MR) is 116 cm³/mol. The quantitative estimate of drug-likeness (QED) is 0.726. The van der Waals surface area contributed by atoms with Gasteiger partial charge in [-0.15, -0.1) is 0 Å². The summed E-state index contributed by atoms with van der Waals surface area (Å²) in [5.41, 5.74) is 3.29. The molecule has 2 aliphatic rings. The van der Waals surface area contributed by atoms with Crippen molar-refractivity contribution in [1.29, 1.82) is 0 Å². The number of fused-ring (bicyclic) bond motifs is 1. The van der Waals surface area contributed by atoms with Crippen LogP contribution in [0.4, 0.5) is 10.1 Å². The fraction of sp³-hybridized carbons (Fsp3) is 0.391. The number of para-hydroxylation sites is 2. The number of anilines is 1. The number of nitrogens with zero attached hydrogens (tertiary/aromatic N) is 4. The van der Waals surface area contributed by atoms with Crippen molar-refractivity contribution in [3.05, 3.63) is 48.3 Å². The molecule has 1 N–H and O–H groups in total. The summed E-state index contributed by atoms with van der Waals surface area (Å²) in [6, 6.07) is 13.0. The van der Waals surface area contributed by atoms with Gasteiger partial charge in [0.2, 0.25) is 5.91 Å². The first-order valence-electron chi connectivity index (χ1n) is 10.6. The summed E-state index contributed by atoms with van der Waals surface area (Å²) in [6.07, 6.45) is 2.00. The number of amides is 1. The number of rotatable bonds is 3. The highest BCUT2D eigenvalue weighted by Crippen LogP contribution is 2.30. The number of hydrogen-bond acceptors (Lipinski definition) is 4. The van der Waals surface area contributed by atoms with Crippen molar-refractivity contribution in [2.45, 2.75) is 18.9 Å². The number of piperazine rings is 1. The summed E-state index contributed by atoms with van der Waals surface area (Å²) in [4.78, 5) is 21.5. The van der Waals surface area contributed by atoms with E-state index in [1.54, 1.807) is 0 Å². The molecule has 0 bridgehead atoms. The SMILES string of the molecule is Cn1c(-c2cc(N3CCN(C(=O)[C@H]4CCCN4)CC3)ccc2F)nc2ccccc21. The fourth-order valence-corrected chi connectivity index (χ4v) is 4.57. The molecule has 2 fully saturated rings. The molecule has 1 amide bonds. The van der Waals surface area contributed by atoms with Gasteiger partial charge in [0.15, 0.2) is 0 Å². The van der Waals surface area contributed by atoms with Gasteiger partial charge in [-0.25, -0.2) is 9.37 Å². The Balaban J connectivity index is 1.36. The van der Waals surface area contributed by atoms with Crippen molar-refractivity contribution in [2.24, 2.45) is 7.05 Å². The summed E-state index contributed by atoms with van der Waals surface area (Å²) in [6.45, 7) is 3.79. The maximum Gasteiger partial charge on any atom is 0.239 e. The molecule has 3 aromatic rings. The molecule has 0 aliphatic carbocycles. The van der Waals surface area contributed by atoms with Gasteiger partial charge in [-0.1, -0.05) is 12.1 Å². The number of carbonyl (C=O) groups excluding carboxylic acids is 1. The van der Waals surface area contributed by atoms with Crippen molar-refractivity contribution < 1.29 is 9.18 Å². The predicted octanol–water partition coefficient (Wildman–Crippen LogP) is 2.78. The highest BCUT2D eigenvalue weighted by atomic mass is 19.1. The zero-order chi connectivity index (χ0) is 20.7. The smallest absolute Gasteiger partial charge is 0.239 e. The number of benzene rings is 2. The molecule has 0 spiro atoms. The van der Waals surface area contributed by atoms with E-state index in [2.05, 4.69) is 15.2 Å². The summed E-state index contributed by atoms with van der Waals surface area (Å²) < 4.78 is 16.7. The average molecular weight is 407 g/mol. The Morgan fingerprint density at radius 1 is 1.13 bits per heavy atom. The molecule has 30 heavy (non-hydrogen) atoms. The van der Waals surface area contributed by atoms with E-state index in [1.165, 1.54) is 6.07 Å². The van der Waals surface area contributed by atoms with Gasteiger partial charge in [0.25, 0.3) is 0 Å². The Morgan fingerprint density at radius 3 is 2.67 bits per heavy atom. The minimum Gasteiger partial charge on any atom is -0.368 e. The zero-order valence-electron chi connectivity index (χ0n) is 17.1. The van der Waals surface area contributed by atoms with E-state index in [-0.39, 0.29) is 17.8 Å². The van der Waals surface area contributed by atoms with Crippen LogP contribution >= 0.6 is 0 Å². The molecule has 2 aliphatic heterocycles. The summed E-state index contributed by atoms with van der Waals surface area (Å²) in [5.74, 6) is 0.557. The molecule has 156 valence electrons. The van der Waals surface area contributed by atoms with Crippen LogP contribution in [-0.2, 0) is 11.8 Å². The Kier molecular flexibility index (Phi) is 4.90. The van der Waals surface area contributed by atoms with E-state index in [1.807, 2.05) is 52.9 Å². The van der Waals surface area contributed by atoms with E-state index in [9.17, 15) is 9.18 Å². The molecule has 0 unspecified atom stereocenters. The van der Waals surface area contributed by atoms with Crippen LogP contribution in [0.15, 0.2) is 42.5 Å². The Bertz CT molecular complexity index is 1080. The fourth-order valence-electron chi connectivity index (χ4n) is 4.57. The van der Waals surface area contributed by atoms with Crippen LogP contribution in [0.3, 0.4) is 0 Å². The second kappa shape index (κ2) is 7.72. The van der Waals surface area contributed by atoms with Gasteiger partial charge in [0, 0.05) is 38.9 Å². The van der Waals surface area contributed by atoms with Crippen LogP contribution < -0.4 is 10.2 Å². The third kappa shape index (κ3) is 3.33. The van der Waals surface area contributed by atoms with Gasteiger partial charge >= 0.3 is 0 Å². The number of nitrogens with one attached hydrogen (secondary N) is 1. The van der Waals surface area contributed by atoms with Crippen LogP contribution in [0.2, 0.25) is 0 Å². The topological polar surface area (TPSA) is 53.4 Å². The Hall–Kier alpha value is -2.93. The van der Waals surface area contributed by atoms with Gasteiger partial charge < -0.3 is 19.7 Å². The van der Waals surface area contributed by atoms with E-state index >= 15 is 0 Å². The molecule has 6 nitrogen and oxygen atoms in total. The molecule has 3 heterocycles. The van der Waals surface area contributed by atoms with Crippen LogP contribution in [0.1, 0.15) is 12.8 Å². The molecule has 2 saturated heterocycles. The first-order chi connectivity index (χ1) is 14.6. The third-order valence-corrected chi connectivity index (χ3v) is 6.29. The molecule has 1 atom stereocenters. The van der Waals surface area contributed by atoms with Gasteiger partial charge in [-0.2, -0.15) is 0 Å². The number of halogens is 1. The first-order valence-corrected chi connectivity index (χ1v) is 10.6. The average Bonchev–Trinajstić information content (AvgIpc) is 3.43. The molecule has 0 saturated carbocycles. The minimum absolute atomic E-state index is 0.0217. The summed E-state index contributed by atoms with van der Waals surface area (Å²) in [5, 5.41) is 3.29. The summed E-state index contributed by atoms with van der Waals surface area (Å²) in [7, 11) is 1.91. The van der Waals surface area contributed by atoms with Crippen molar-refractivity contribution in [3.8, 4) is 11.4 Å². The Morgan fingerprint density at radius 2 is 1.93 bits per heavy atom. The van der Waals surface area contributed by atoms with E-state index < -0.39 is 0 Å². The van der Waals surface area contributed by atoms with Crippen molar-refractivity contribution >= 4 is 22.6 Å². The molecule has 5 rings (SSSR count). The van der Waals surface area contributed by atoms with Crippen LogP contribution in [0.5, 0.6) is 0 Å². The van der Waals surface area contributed by atoms with Crippen LogP contribution in [0.25, 0.3) is 22.4 Å². The monoisotopic (exact) mass is 407 g/mol. The van der Waals surface area contributed by atoms with E-state index in [4.69, 9.17) is 0 Å². The molecule has 0 radical (unpaired) electrons. The number of aryl methyl sites for hydroxylation is 1. The number of imidazole rings is 1. The first kappa shape index (κ1) is 19.1. The normalized spacial score (nSPS) is 19.6. The van der Waals surface area contributed by atoms with Crippen molar-refractivity contribution in [3.63, 3.8) is 0 Å². The number of carbonyl (C=O) groups is 1. The lowest BCUT2D eigenvalue weighted by Gasteiger charge is -2.37. The lowest BCUT2D eigenvalue weighted by molar-refractivity contribution is -0.133.